The van der Waals surface area contributed by atoms with E-state index in [9.17, 15) is 4.79 Å². The van der Waals surface area contributed by atoms with Crippen LogP contribution in [0.2, 0.25) is 0 Å². The van der Waals surface area contributed by atoms with Gasteiger partial charge in [-0.25, -0.2) is 9.97 Å². The van der Waals surface area contributed by atoms with Gasteiger partial charge in [0.2, 0.25) is 5.95 Å². The maximum absolute atomic E-state index is 12.5. The number of benzene rings is 2. The summed E-state index contributed by atoms with van der Waals surface area (Å²) >= 11 is 0. The predicted octanol–water partition coefficient (Wildman–Crippen LogP) is 4.43. The zero-order valence-corrected chi connectivity index (χ0v) is 15.7. The molecule has 0 aliphatic carbocycles. The molecule has 1 aliphatic heterocycles. The number of nitrogens with one attached hydrogen (secondary N) is 1. The summed E-state index contributed by atoms with van der Waals surface area (Å²) in [6, 6.07) is 14.4. The summed E-state index contributed by atoms with van der Waals surface area (Å²) in [5.41, 5.74) is 5.98. The molecule has 136 valence electrons. The quantitative estimate of drug-likeness (QED) is 0.752. The van der Waals surface area contributed by atoms with Crippen molar-refractivity contribution >= 4 is 23.2 Å². The highest BCUT2D eigenvalue weighted by atomic mass is 16.1. The van der Waals surface area contributed by atoms with E-state index in [2.05, 4.69) is 45.3 Å². The Bertz CT molecular complexity index is 997. The Balaban J connectivity index is 1.54. The minimum atomic E-state index is -0.209. The lowest BCUT2D eigenvalue weighted by atomic mass is 10.1. The van der Waals surface area contributed by atoms with Crippen LogP contribution in [0.5, 0.6) is 0 Å². The topological polar surface area (TPSA) is 58.1 Å². The van der Waals surface area contributed by atoms with Crippen LogP contribution >= 0.6 is 0 Å². The summed E-state index contributed by atoms with van der Waals surface area (Å²) in [5.74, 6) is 0.412. The number of aromatic nitrogens is 2. The molecule has 1 amide bonds. The smallest absolute Gasteiger partial charge is 0.258 e. The Hall–Kier alpha value is -3.21. The summed E-state index contributed by atoms with van der Waals surface area (Å²) < 4.78 is 0. The van der Waals surface area contributed by atoms with Gasteiger partial charge in [0.25, 0.3) is 5.91 Å². The molecule has 1 atom stereocenters. The van der Waals surface area contributed by atoms with Crippen molar-refractivity contribution < 1.29 is 4.79 Å². The third kappa shape index (κ3) is 3.28. The number of hydrogen-bond acceptors (Lipinski definition) is 4. The first kappa shape index (κ1) is 17.2. The van der Waals surface area contributed by atoms with Gasteiger partial charge in [-0.05, 0) is 62.1 Å². The van der Waals surface area contributed by atoms with Gasteiger partial charge in [-0.2, -0.15) is 0 Å². The van der Waals surface area contributed by atoms with Crippen molar-refractivity contribution in [1.29, 1.82) is 0 Å². The summed E-state index contributed by atoms with van der Waals surface area (Å²) in [4.78, 5) is 23.5. The Morgan fingerprint density at radius 3 is 2.56 bits per heavy atom. The van der Waals surface area contributed by atoms with Crippen LogP contribution in [0.1, 0.15) is 34.0 Å². The van der Waals surface area contributed by atoms with Crippen LogP contribution in [0, 0.1) is 13.8 Å². The Morgan fingerprint density at radius 2 is 1.81 bits per heavy atom. The number of rotatable bonds is 3. The maximum Gasteiger partial charge on any atom is 0.258 e. The highest BCUT2D eigenvalue weighted by Crippen LogP contribution is 2.36. The highest BCUT2D eigenvalue weighted by Gasteiger charge is 2.28. The number of nitrogens with zero attached hydrogens (tertiary/aromatic N) is 3. The monoisotopic (exact) mass is 358 g/mol. The minimum absolute atomic E-state index is 0.209. The fourth-order valence-electron chi connectivity index (χ4n) is 3.46. The minimum Gasteiger partial charge on any atom is -0.322 e. The van der Waals surface area contributed by atoms with Gasteiger partial charge < -0.3 is 10.2 Å². The van der Waals surface area contributed by atoms with Crippen molar-refractivity contribution in [1.82, 2.24) is 9.97 Å². The van der Waals surface area contributed by atoms with Gasteiger partial charge in [0, 0.05) is 29.8 Å². The van der Waals surface area contributed by atoms with Crippen LogP contribution in [0.4, 0.5) is 17.3 Å². The van der Waals surface area contributed by atoms with Crippen molar-refractivity contribution in [3.05, 3.63) is 77.1 Å². The molecule has 0 spiro atoms. The number of carbonyl (C=O) groups excluding carboxylic acids is 1. The van der Waals surface area contributed by atoms with E-state index in [1.165, 1.54) is 11.1 Å². The van der Waals surface area contributed by atoms with Crippen molar-refractivity contribution in [3.63, 3.8) is 0 Å². The summed E-state index contributed by atoms with van der Waals surface area (Å²) in [6.07, 6.45) is 4.15. The van der Waals surface area contributed by atoms with E-state index in [0.717, 1.165) is 23.4 Å². The number of carbonyl (C=O) groups is 1. The van der Waals surface area contributed by atoms with Crippen molar-refractivity contribution in [3.8, 4) is 0 Å². The summed E-state index contributed by atoms with van der Waals surface area (Å²) in [7, 11) is 0. The van der Waals surface area contributed by atoms with Crippen LogP contribution in [0.3, 0.4) is 0 Å². The molecule has 5 heteroatoms. The molecule has 0 saturated heterocycles. The molecular weight excluding hydrogens is 336 g/mol. The second kappa shape index (κ2) is 6.83. The molecule has 2 heterocycles. The maximum atomic E-state index is 12.5. The Labute approximate surface area is 159 Å². The van der Waals surface area contributed by atoms with Crippen molar-refractivity contribution in [2.45, 2.75) is 33.2 Å². The third-order valence-electron chi connectivity index (χ3n) is 5.09. The zero-order chi connectivity index (χ0) is 19.0. The SMILES string of the molecule is Cc1ccc(NC(=O)c2cnc(N3c4ccccc4CC3C)nc2)cc1C. The first-order valence-corrected chi connectivity index (χ1v) is 9.11. The summed E-state index contributed by atoms with van der Waals surface area (Å²) in [5, 5.41) is 2.91. The predicted molar refractivity (Wildman–Crippen MR) is 108 cm³/mol. The van der Waals surface area contributed by atoms with Gasteiger partial charge in [0.1, 0.15) is 0 Å². The van der Waals surface area contributed by atoms with Crippen LogP contribution in [-0.2, 0) is 6.42 Å². The number of para-hydroxylation sites is 1. The second-order valence-corrected chi connectivity index (χ2v) is 7.08. The van der Waals surface area contributed by atoms with E-state index in [1.807, 2.05) is 38.1 Å². The average Bonchev–Trinajstić information content (AvgIpc) is 3.00. The van der Waals surface area contributed by atoms with E-state index in [-0.39, 0.29) is 11.9 Å². The van der Waals surface area contributed by atoms with Gasteiger partial charge in [0.15, 0.2) is 0 Å². The zero-order valence-electron chi connectivity index (χ0n) is 15.7. The van der Waals surface area contributed by atoms with Crippen molar-refractivity contribution in [2.75, 3.05) is 10.2 Å². The van der Waals surface area contributed by atoms with E-state index < -0.39 is 0 Å². The fraction of sp³-hybridized carbons (Fsp3) is 0.227. The van der Waals surface area contributed by atoms with Crippen LogP contribution < -0.4 is 10.2 Å². The molecule has 1 aliphatic rings. The molecule has 27 heavy (non-hydrogen) atoms. The molecule has 1 aromatic heterocycles. The second-order valence-electron chi connectivity index (χ2n) is 7.08. The summed E-state index contributed by atoms with van der Waals surface area (Å²) in [6.45, 7) is 6.23. The van der Waals surface area contributed by atoms with E-state index >= 15 is 0 Å². The molecule has 0 radical (unpaired) electrons. The number of aryl methyl sites for hydroxylation is 2. The van der Waals surface area contributed by atoms with Gasteiger partial charge in [-0.1, -0.05) is 24.3 Å². The highest BCUT2D eigenvalue weighted by molar-refractivity contribution is 6.04. The molecule has 4 rings (SSSR count). The molecule has 5 nitrogen and oxygen atoms in total. The lowest BCUT2D eigenvalue weighted by Crippen LogP contribution is -2.26. The van der Waals surface area contributed by atoms with Gasteiger partial charge in [0.05, 0.1) is 5.56 Å². The number of amides is 1. The van der Waals surface area contributed by atoms with Crippen LogP contribution in [0.25, 0.3) is 0 Å². The molecule has 0 fully saturated rings. The van der Waals surface area contributed by atoms with Gasteiger partial charge in [-0.3, -0.25) is 4.79 Å². The molecule has 3 aromatic rings. The normalized spacial score (nSPS) is 15.5. The van der Waals surface area contributed by atoms with E-state index in [1.54, 1.807) is 12.4 Å². The first-order valence-electron chi connectivity index (χ1n) is 9.11. The first-order chi connectivity index (χ1) is 13.0. The van der Waals surface area contributed by atoms with Crippen LogP contribution in [-0.4, -0.2) is 21.9 Å². The molecule has 0 bridgehead atoms. The van der Waals surface area contributed by atoms with Crippen LogP contribution in [0.15, 0.2) is 54.9 Å². The molecule has 2 aromatic carbocycles. The molecular formula is C22H22N4O. The van der Waals surface area contributed by atoms with Gasteiger partial charge in [-0.15, -0.1) is 0 Å². The lowest BCUT2D eigenvalue weighted by molar-refractivity contribution is 0.102. The van der Waals surface area contributed by atoms with Crippen molar-refractivity contribution in [2.24, 2.45) is 0 Å². The lowest BCUT2D eigenvalue weighted by Gasteiger charge is -2.22. The number of fused-ring (bicyclic) bond motifs is 1. The Kier molecular flexibility index (Phi) is 4.36. The third-order valence-corrected chi connectivity index (χ3v) is 5.09. The standard InChI is InChI=1S/C22H22N4O/c1-14-8-9-19(10-15(14)2)25-21(27)18-12-23-22(24-13-18)26-16(3)11-17-6-4-5-7-20(17)26/h4-10,12-13,16H,11H2,1-3H3,(H,25,27). The van der Waals surface area contributed by atoms with Gasteiger partial charge >= 0.3 is 0 Å². The largest absolute Gasteiger partial charge is 0.322 e. The van der Waals surface area contributed by atoms with E-state index in [0.29, 0.717) is 11.5 Å². The number of anilines is 3. The molecule has 1 unspecified atom stereocenters. The molecule has 0 saturated carbocycles. The number of hydrogen-bond donors (Lipinski definition) is 1. The average molecular weight is 358 g/mol. The van der Waals surface area contributed by atoms with E-state index in [4.69, 9.17) is 0 Å². The molecule has 1 N–H and O–H groups in total. The Morgan fingerprint density at radius 1 is 1.07 bits per heavy atom. The fourth-order valence-corrected chi connectivity index (χ4v) is 3.46.